The molecule has 106 valence electrons. The number of thiophene rings is 1. The van der Waals surface area contributed by atoms with E-state index < -0.39 is 0 Å². The van der Waals surface area contributed by atoms with Crippen molar-refractivity contribution >= 4 is 39.5 Å². The summed E-state index contributed by atoms with van der Waals surface area (Å²) in [6.45, 7) is 2.06. The van der Waals surface area contributed by atoms with Gasteiger partial charge in [0, 0.05) is 15.9 Å². The number of urea groups is 1. The van der Waals surface area contributed by atoms with Gasteiger partial charge in [0.15, 0.2) is 5.13 Å². The summed E-state index contributed by atoms with van der Waals surface area (Å²) in [5, 5.41) is 8.05. The summed E-state index contributed by atoms with van der Waals surface area (Å²) in [7, 11) is 0. The van der Waals surface area contributed by atoms with Crippen LogP contribution in [0.4, 0.5) is 15.6 Å². The molecule has 0 spiro atoms. The van der Waals surface area contributed by atoms with E-state index in [-0.39, 0.29) is 6.03 Å². The van der Waals surface area contributed by atoms with E-state index in [0.29, 0.717) is 5.13 Å². The molecule has 0 radical (unpaired) electrons. The van der Waals surface area contributed by atoms with Crippen LogP contribution in [0.15, 0.2) is 47.8 Å². The van der Waals surface area contributed by atoms with Crippen LogP contribution in [0.3, 0.4) is 0 Å². The first-order valence-corrected chi connectivity index (χ1v) is 8.06. The number of hydrogen-bond donors (Lipinski definition) is 2. The number of rotatable bonds is 3. The molecule has 0 bridgehead atoms. The van der Waals surface area contributed by atoms with Crippen molar-refractivity contribution in [1.29, 1.82) is 0 Å². The molecule has 0 saturated heterocycles. The third-order valence-electron chi connectivity index (χ3n) is 2.75. The van der Waals surface area contributed by atoms with Crippen LogP contribution in [0.5, 0.6) is 0 Å². The van der Waals surface area contributed by atoms with Crippen molar-refractivity contribution in [3.8, 4) is 10.6 Å². The standard InChI is InChI=1S/C15H13N3OS2/c1-10-7-8-13(21-10)12-9-20-15(17-12)18-14(19)16-11-5-3-2-4-6-11/h2-9H,1H3,(H2,16,17,18,19). The van der Waals surface area contributed by atoms with E-state index in [4.69, 9.17) is 0 Å². The molecule has 3 aromatic rings. The summed E-state index contributed by atoms with van der Waals surface area (Å²) >= 11 is 3.11. The molecule has 6 heteroatoms. The van der Waals surface area contributed by atoms with Gasteiger partial charge in [0.05, 0.1) is 10.6 Å². The number of carbonyl (C=O) groups excluding carboxylic acids is 1. The lowest BCUT2D eigenvalue weighted by atomic mass is 10.3. The highest BCUT2D eigenvalue weighted by atomic mass is 32.1. The maximum absolute atomic E-state index is 11.9. The SMILES string of the molecule is Cc1ccc(-c2csc(NC(=O)Nc3ccccc3)n2)s1. The minimum atomic E-state index is -0.288. The molecule has 3 rings (SSSR count). The van der Waals surface area contributed by atoms with E-state index in [1.54, 1.807) is 11.3 Å². The Bertz CT molecular complexity index is 749. The largest absolute Gasteiger partial charge is 0.325 e. The zero-order chi connectivity index (χ0) is 14.7. The molecule has 0 aliphatic carbocycles. The minimum absolute atomic E-state index is 0.288. The molecular weight excluding hydrogens is 302 g/mol. The minimum Gasteiger partial charge on any atom is -0.308 e. The van der Waals surface area contributed by atoms with E-state index in [1.807, 2.05) is 41.8 Å². The van der Waals surface area contributed by atoms with Crippen LogP contribution in [-0.4, -0.2) is 11.0 Å². The van der Waals surface area contributed by atoms with Gasteiger partial charge in [0.25, 0.3) is 0 Å². The van der Waals surface area contributed by atoms with Gasteiger partial charge in [-0.1, -0.05) is 18.2 Å². The quantitative estimate of drug-likeness (QED) is 0.727. The summed E-state index contributed by atoms with van der Waals surface area (Å²) < 4.78 is 0. The van der Waals surface area contributed by atoms with E-state index in [9.17, 15) is 4.79 Å². The van der Waals surface area contributed by atoms with Crippen LogP contribution >= 0.6 is 22.7 Å². The van der Waals surface area contributed by atoms with Crippen LogP contribution in [0.2, 0.25) is 0 Å². The van der Waals surface area contributed by atoms with Gasteiger partial charge in [-0.2, -0.15) is 0 Å². The first-order valence-electron chi connectivity index (χ1n) is 6.36. The Hall–Kier alpha value is -2.18. The fourth-order valence-corrected chi connectivity index (χ4v) is 3.41. The summed E-state index contributed by atoms with van der Waals surface area (Å²) in [5.74, 6) is 0. The lowest BCUT2D eigenvalue weighted by Gasteiger charge is -2.04. The van der Waals surface area contributed by atoms with Crippen LogP contribution in [-0.2, 0) is 0 Å². The van der Waals surface area contributed by atoms with Crippen molar-refractivity contribution in [2.24, 2.45) is 0 Å². The number of para-hydroxylation sites is 1. The Morgan fingerprint density at radius 3 is 2.62 bits per heavy atom. The van der Waals surface area contributed by atoms with Gasteiger partial charge in [-0.05, 0) is 31.2 Å². The molecule has 2 amide bonds. The lowest BCUT2D eigenvalue weighted by molar-refractivity contribution is 0.262. The van der Waals surface area contributed by atoms with Gasteiger partial charge in [0.1, 0.15) is 0 Å². The number of hydrogen-bond acceptors (Lipinski definition) is 4. The van der Waals surface area contributed by atoms with Crippen molar-refractivity contribution in [2.45, 2.75) is 6.92 Å². The van der Waals surface area contributed by atoms with Gasteiger partial charge in [-0.15, -0.1) is 22.7 Å². The Labute approximate surface area is 130 Å². The molecule has 0 atom stereocenters. The number of aromatic nitrogens is 1. The highest BCUT2D eigenvalue weighted by molar-refractivity contribution is 7.17. The Balaban J connectivity index is 1.66. The summed E-state index contributed by atoms with van der Waals surface area (Å²) in [6.07, 6.45) is 0. The van der Waals surface area contributed by atoms with Gasteiger partial charge in [-0.3, -0.25) is 5.32 Å². The van der Waals surface area contributed by atoms with Gasteiger partial charge >= 0.3 is 6.03 Å². The molecule has 4 nitrogen and oxygen atoms in total. The van der Waals surface area contributed by atoms with E-state index in [1.165, 1.54) is 16.2 Å². The van der Waals surface area contributed by atoms with Gasteiger partial charge < -0.3 is 5.32 Å². The predicted molar refractivity (Wildman–Crippen MR) is 89.2 cm³/mol. The third-order valence-corrected chi connectivity index (χ3v) is 4.53. The van der Waals surface area contributed by atoms with Crippen LogP contribution in [0.1, 0.15) is 4.88 Å². The van der Waals surface area contributed by atoms with E-state index in [0.717, 1.165) is 16.3 Å². The van der Waals surface area contributed by atoms with Crippen molar-refractivity contribution in [3.05, 3.63) is 52.7 Å². The first-order chi connectivity index (χ1) is 10.2. The molecule has 0 fully saturated rings. The molecule has 0 saturated carbocycles. The number of thiazole rings is 1. The summed E-state index contributed by atoms with van der Waals surface area (Å²) in [6, 6.07) is 13.1. The van der Waals surface area contributed by atoms with E-state index >= 15 is 0 Å². The molecule has 0 unspecified atom stereocenters. The van der Waals surface area contributed by atoms with Crippen molar-refractivity contribution in [1.82, 2.24) is 4.98 Å². The van der Waals surface area contributed by atoms with Crippen molar-refractivity contribution in [2.75, 3.05) is 10.6 Å². The molecule has 0 aliphatic rings. The van der Waals surface area contributed by atoms with Crippen molar-refractivity contribution < 1.29 is 4.79 Å². The number of anilines is 2. The maximum Gasteiger partial charge on any atom is 0.325 e. The second-order valence-electron chi connectivity index (χ2n) is 4.39. The molecule has 1 aromatic carbocycles. The first kappa shape index (κ1) is 13.8. The summed E-state index contributed by atoms with van der Waals surface area (Å²) in [4.78, 5) is 18.7. The normalized spacial score (nSPS) is 10.3. The van der Waals surface area contributed by atoms with Gasteiger partial charge in [0.2, 0.25) is 0 Å². The predicted octanol–water partition coefficient (Wildman–Crippen LogP) is 4.82. The number of amides is 2. The number of benzene rings is 1. The molecular formula is C15H13N3OS2. The number of aryl methyl sites for hydroxylation is 1. The number of nitrogens with zero attached hydrogens (tertiary/aromatic N) is 1. The molecule has 2 N–H and O–H groups in total. The maximum atomic E-state index is 11.9. The Morgan fingerprint density at radius 1 is 1.10 bits per heavy atom. The lowest BCUT2D eigenvalue weighted by Crippen LogP contribution is -2.19. The fraction of sp³-hybridized carbons (Fsp3) is 0.0667. The number of nitrogens with one attached hydrogen (secondary N) is 2. The van der Waals surface area contributed by atoms with Crippen LogP contribution in [0, 0.1) is 6.92 Å². The van der Waals surface area contributed by atoms with Gasteiger partial charge in [-0.25, -0.2) is 9.78 Å². The van der Waals surface area contributed by atoms with Crippen LogP contribution < -0.4 is 10.6 Å². The zero-order valence-corrected chi connectivity index (χ0v) is 12.9. The summed E-state index contributed by atoms with van der Waals surface area (Å²) in [5.41, 5.74) is 1.65. The average Bonchev–Trinajstić information content (AvgIpc) is 3.09. The molecule has 0 aliphatic heterocycles. The zero-order valence-electron chi connectivity index (χ0n) is 11.3. The topological polar surface area (TPSA) is 54.0 Å². The Morgan fingerprint density at radius 2 is 1.90 bits per heavy atom. The molecule has 2 aromatic heterocycles. The second-order valence-corrected chi connectivity index (χ2v) is 6.54. The van der Waals surface area contributed by atoms with E-state index in [2.05, 4.69) is 28.6 Å². The molecule has 2 heterocycles. The highest BCUT2D eigenvalue weighted by Crippen LogP contribution is 2.30. The fourth-order valence-electron chi connectivity index (χ4n) is 1.80. The molecule has 21 heavy (non-hydrogen) atoms. The highest BCUT2D eigenvalue weighted by Gasteiger charge is 2.09. The number of carbonyl (C=O) groups is 1. The third kappa shape index (κ3) is 3.48. The Kier molecular flexibility index (Phi) is 3.98. The second kappa shape index (κ2) is 6.07. The van der Waals surface area contributed by atoms with Crippen LogP contribution in [0.25, 0.3) is 10.6 Å². The average molecular weight is 315 g/mol. The van der Waals surface area contributed by atoms with Crippen molar-refractivity contribution in [3.63, 3.8) is 0 Å². The monoisotopic (exact) mass is 315 g/mol. The smallest absolute Gasteiger partial charge is 0.308 e.